The zero-order valence-electron chi connectivity index (χ0n) is 17.1. The number of anilines is 3. The number of rotatable bonds is 10. The van der Waals surface area contributed by atoms with E-state index in [9.17, 15) is 14.9 Å². The van der Waals surface area contributed by atoms with Crippen LogP contribution >= 0.6 is 0 Å². The molecular weight excluding hydrogens is 374 g/mol. The molecule has 0 spiro atoms. The SMILES string of the molecule is CC(C)CCNc1ncnc(Nc2ccc(C(=O)OCC(C)C)cc2)c1[N+](=O)[O-]. The van der Waals surface area contributed by atoms with Crippen LogP contribution in [0.1, 0.15) is 44.5 Å². The first-order chi connectivity index (χ1) is 13.8. The molecule has 0 amide bonds. The average molecular weight is 401 g/mol. The van der Waals surface area contributed by atoms with Gasteiger partial charge in [0, 0.05) is 12.2 Å². The highest BCUT2D eigenvalue weighted by Gasteiger charge is 2.23. The molecule has 1 aromatic heterocycles. The highest BCUT2D eigenvalue weighted by Crippen LogP contribution is 2.31. The first-order valence-corrected chi connectivity index (χ1v) is 9.55. The minimum atomic E-state index is -0.516. The van der Waals surface area contributed by atoms with E-state index in [0.29, 0.717) is 30.3 Å². The van der Waals surface area contributed by atoms with Crippen molar-refractivity contribution < 1.29 is 14.5 Å². The van der Waals surface area contributed by atoms with Crippen LogP contribution < -0.4 is 10.6 Å². The number of hydrogen-bond acceptors (Lipinski definition) is 8. The number of nitrogens with zero attached hydrogens (tertiary/aromatic N) is 3. The van der Waals surface area contributed by atoms with Gasteiger partial charge in [-0.3, -0.25) is 10.1 Å². The summed E-state index contributed by atoms with van der Waals surface area (Å²) in [6, 6.07) is 6.48. The fourth-order valence-electron chi connectivity index (χ4n) is 2.40. The minimum absolute atomic E-state index is 0.0761. The number of carbonyl (C=O) groups is 1. The summed E-state index contributed by atoms with van der Waals surface area (Å²) in [5.41, 5.74) is 0.737. The van der Waals surface area contributed by atoms with Gasteiger partial charge in [0.25, 0.3) is 0 Å². The van der Waals surface area contributed by atoms with Gasteiger partial charge in [0.1, 0.15) is 6.33 Å². The zero-order valence-corrected chi connectivity index (χ0v) is 17.1. The van der Waals surface area contributed by atoms with Crippen LogP contribution in [0.15, 0.2) is 30.6 Å². The topological polar surface area (TPSA) is 119 Å². The zero-order chi connectivity index (χ0) is 21.4. The number of aromatic nitrogens is 2. The van der Waals surface area contributed by atoms with Crippen molar-refractivity contribution in [1.82, 2.24) is 9.97 Å². The Morgan fingerprint density at radius 3 is 2.34 bits per heavy atom. The third-order valence-electron chi connectivity index (χ3n) is 3.95. The summed E-state index contributed by atoms with van der Waals surface area (Å²) >= 11 is 0. The molecule has 0 aliphatic rings. The van der Waals surface area contributed by atoms with Crippen LogP contribution in [-0.4, -0.2) is 34.0 Å². The number of benzene rings is 1. The van der Waals surface area contributed by atoms with E-state index in [4.69, 9.17) is 4.74 Å². The second-order valence-corrected chi connectivity index (χ2v) is 7.48. The molecule has 0 aliphatic heterocycles. The Labute approximate surface area is 170 Å². The predicted octanol–water partition coefficient (Wildman–Crippen LogP) is 4.40. The van der Waals surface area contributed by atoms with Crippen molar-refractivity contribution in [3.63, 3.8) is 0 Å². The van der Waals surface area contributed by atoms with E-state index < -0.39 is 10.9 Å². The Balaban J connectivity index is 2.14. The summed E-state index contributed by atoms with van der Waals surface area (Å²) in [6.07, 6.45) is 2.13. The van der Waals surface area contributed by atoms with Crippen molar-refractivity contribution in [2.24, 2.45) is 11.8 Å². The maximum Gasteiger partial charge on any atom is 0.353 e. The van der Waals surface area contributed by atoms with Crippen LogP contribution in [0.5, 0.6) is 0 Å². The number of nitro groups is 1. The van der Waals surface area contributed by atoms with Gasteiger partial charge in [-0.1, -0.05) is 27.7 Å². The highest BCUT2D eigenvalue weighted by molar-refractivity contribution is 5.90. The summed E-state index contributed by atoms with van der Waals surface area (Å²) < 4.78 is 5.19. The van der Waals surface area contributed by atoms with Gasteiger partial charge in [-0.05, 0) is 42.5 Å². The Morgan fingerprint density at radius 2 is 1.76 bits per heavy atom. The monoisotopic (exact) mass is 401 g/mol. The number of ether oxygens (including phenoxy) is 1. The normalized spacial score (nSPS) is 10.8. The number of carbonyl (C=O) groups excluding carboxylic acids is 1. The van der Waals surface area contributed by atoms with Crippen LogP contribution in [0.3, 0.4) is 0 Å². The third-order valence-corrected chi connectivity index (χ3v) is 3.95. The molecule has 0 saturated carbocycles. The quantitative estimate of drug-likeness (QED) is 0.341. The molecule has 0 bridgehead atoms. The van der Waals surface area contributed by atoms with E-state index in [1.165, 1.54) is 6.33 Å². The summed E-state index contributed by atoms with van der Waals surface area (Å²) in [7, 11) is 0. The average Bonchev–Trinajstić information content (AvgIpc) is 2.66. The van der Waals surface area contributed by atoms with Crippen LogP contribution in [0, 0.1) is 22.0 Å². The van der Waals surface area contributed by atoms with Crippen LogP contribution in [0.4, 0.5) is 23.0 Å². The molecule has 9 nitrogen and oxygen atoms in total. The summed E-state index contributed by atoms with van der Waals surface area (Å²) in [4.78, 5) is 31.1. The molecule has 29 heavy (non-hydrogen) atoms. The Morgan fingerprint density at radius 1 is 1.10 bits per heavy atom. The maximum absolute atomic E-state index is 12.0. The lowest BCUT2D eigenvalue weighted by molar-refractivity contribution is -0.383. The Bertz CT molecular complexity index is 837. The maximum atomic E-state index is 12.0. The fraction of sp³-hybridized carbons (Fsp3) is 0.450. The lowest BCUT2D eigenvalue weighted by Crippen LogP contribution is -2.11. The van der Waals surface area contributed by atoms with E-state index in [1.807, 2.05) is 13.8 Å². The minimum Gasteiger partial charge on any atom is -0.462 e. The van der Waals surface area contributed by atoms with Crippen molar-refractivity contribution >= 4 is 29.0 Å². The highest BCUT2D eigenvalue weighted by atomic mass is 16.6. The molecule has 2 rings (SSSR count). The lowest BCUT2D eigenvalue weighted by Gasteiger charge is -2.11. The van der Waals surface area contributed by atoms with Gasteiger partial charge < -0.3 is 15.4 Å². The van der Waals surface area contributed by atoms with Gasteiger partial charge in [0.15, 0.2) is 0 Å². The first-order valence-electron chi connectivity index (χ1n) is 9.55. The van der Waals surface area contributed by atoms with E-state index in [2.05, 4.69) is 34.4 Å². The van der Waals surface area contributed by atoms with Crippen molar-refractivity contribution in [3.8, 4) is 0 Å². The molecule has 0 fully saturated rings. The molecule has 0 saturated heterocycles. The number of esters is 1. The predicted molar refractivity (Wildman–Crippen MR) is 111 cm³/mol. The second kappa shape index (κ2) is 10.4. The summed E-state index contributed by atoms with van der Waals surface area (Å²) in [6.45, 7) is 8.99. The molecule has 9 heteroatoms. The van der Waals surface area contributed by atoms with Crippen molar-refractivity contribution in [1.29, 1.82) is 0 Å². The van der Waals surface area contributed by atoms with Gasteiger partial charge in [0.2, 0.25) is 11.6 Å². The molecule has 0 radical (unpaired) electrons. The van der Waals surface area contributed by atoms with Gasteiger partial charge in [-0.2, -0.15) is 0 Å². The number of hydrogen-bond donors (Lipinski definition) is 2. The number of nitrogens with one attached hydrogen (secondary N) is 2. The van der Waals surface area contributed by atoms with Crippen LogP contribution in [-0.2, 0) is 4.74 Å². The molecule has 156 valence electrons. The smallest absolute Gasteiger partial charge is 0.353 e. The van der Waals surface area contributed by atoms with Gasteiger partial charge >= 0.3 is 11.7 Å². The largest absolute Gasteiger partial charge is 0.462 e. The van der Waals surface area contributed by atoms with E-state index in [1.54, 1.807) is 24.3 Å². The van der Waals surface area contributed by atoms with Crippen molar-refractivity contribution in [2.45, 2.75) is 34.1 Å². The van der Waals surface area contributed by atoms with Gasteiger partial charge in [0.05, 0.1) is 17.1 Å². The molecule has 1 aromatic carbocycles. The Kier molecular flexibility index (Phi) is 7.88. The van der Waals surface area contributed by atoms with Crippen molar-refractivity contribution in [3.05, 3.63) is 46.3 Å². The van der Waals surface area contributed by atoms with Gasteiger partial charge in [-0.25, -0.2) is 14.8 Å². The standard InChI is InChI=1S/C20H27N5O4/c1-13(2)9-10-21-18-17(25(27)28)19(23-12-22-18)24-16-7-5-15(6-8-16)20(26)29-11-14(3)4/h5-8,12-14H,9-11H2,1-4H3,(H2,21,22,23,24). The van der Waals surface area contributed by atoms with E-state index in [0.717, 1.165) is 6.42 Å². The Hall–Kier alpha value is -3.23. The second-order valence-electron chi connectivity index (χ2n) is 7.48. The van der Waals surface area contributed by atoms with Crippen LogP contribution in [0.2, 0.25) is 0 Å². The molecule has 2 N–H and O–H groups in total. The summed E-state index contributed by atoms with van der Waals surface area (Å²) in [5, 5.41) is 17.5. The van der Waals surface area contributed by atoms with E-state index >= 15 is 0 Å². The molecule has 1 heterocycles. The third kappa shape index (κ3) is 6.70. The molecular formula is C20H27N5O4. The first kappa shape index (κ1) is 22.1. The molecule has 0 unspecified atom stereocenters. The summed E-state index contributed by atoms with van der Waals surface area (Å²) in [5.74, 6) is 0.553. The molecule has 0 aliphatic carbocycles. The molecule has 2 aromatic rings. The fourth-order valence-corrected chi connectivity index (χ4v) is 2.40. The lowest BCUT2D eigenvalue weighted by atomic mass is 10.1. The van der Waals surface area contributed by atoms with E-state index in [-0.39, 0.29) is 23.2 Å². The van der Waals surface area contributed by atoms with Crippen LogP contribution in [0.25, 0.3) is 0 Å². The molecule has 0 atom stereocenters. The van der Waals surface area contributed by atoms with Crippen molar-refractivity contribution in [2.75, 3.05) is 23.8 Å². The van der Waals surface area contributed by atoms with Gasteiger partial charge in [-0.15, -0.1) is 0 Å².